The minimum atomic E-state index is 0.729. The van der Waals surface area contributed by atoms with Gasteiger partial charge in [0.25, 0.3) is 0 Å². The average Bonchev–Trinajstić information content (AvgIpc) is 3.22. The Morgan fingerprint density at radius 2 is 1.53 bits per heavy atom. The highest BCUT2D eigenvalue weighted by molar-refractivity contribution is 7.98. The first-order valence-corrected chi connectivity index (χ1v) is 10.8. The maximum absolute atomic E-state index is 6.09. The molecule has 0 saturated carbocycles. The number of methoxy groups -OCH3 is 1. The number of para-hydroxylation sites is 3. The van der Waals surface area contributed by atoms with Crippen molar-refractivity contribution in [2.75, 3.05) is 7.11 Å². The minimum Gasteiger partial charge on any atom is -0.496 e. The molecule has 4 rings (SSSR count). The molecule has 0 fully saturated rings. The van der Waals surface area contributed by atoms with Crippen LogP contribution in [0.5, 0.6) is 17.2 Å². The molecule has 0 unspecified atom stereocenters. The van der Waals surface area contributed by atoms with Crippen molar-refractivity contribution >= 4 is 11.8 Å². The lowest BCUT2D eigenvalue weighted by atomic mass is 10.2. The molecular weight excluding hydrogens is 394 g/mol. The van der Waals surface area contributed by atoms with Gasteiger partial charge in [-0.1, -0.05) is 60.3 Å². The summed E-state index contributed by atoms with van der Waals surface area (Å²) < 4.78 is 13.7. The number of nitrogens with zero attached hydrogens (tertiary/aromatic N) is 3. The molecule has 5 nitrogen and oxygen atoms in total. The minimum absolute atomic E-state index is 0.729. The van der Waals surface area contributed by atoms with E-state index in [1.165, 1.54) is 0 Å². The summed E-state index contributed by atoms with van der Waals surface area (Å²) >= 11 is 1.65. The van der Waals surface area contributed by atoms with Gasteiger partial charge in [0, 0.05) is 17.9 Å². The molecule has 0 N–H and O–H groups in total. The first-order chi connectivity index (χ1) is 14.8. The molecule has 0 radical (unpaired) electrons. The van der Waals surface area contributed by atoms with E-state index >= 15 is 0 Å². The third-order valence-corrected chi connectivity index (χ3v) is 5.70. The second-order valence-corrected chi connectivity index (χ2v) is 7.50. The summed E-state index contributed by atoms with van der Waals surface area (Å²) in [6.07, 6.45) is 0. The highest BCUT2D eigenvalue weighted by atomic mass is 32.2. The lowest BCUT2D eigenvalue weighted by molar-refractivity contribution is 0.416. The molecule has 6 heteroatoms. The van der Waals surface area contributed by atoms with Crippen molar-refractivity contribution < 1.29 is 9.47 Å². The van der Waals surface area contributed by atoms with Gasteiger partial charge in [-0.2, -0.15) is 0 Å². The number of hydrogen-bond donors (Lipinski definition) is 0. The zero-order valence-electron chi connectivity index (χ0n) is 17.0. The number of aromatic nitrogens is 3. The molecule has 0 saturated heterocycles. The molecule has 0 amide bonds. The molecule has 1 heterocycles. The molecule has 30 heavy (non-hydrogen) atoms. The van der Waals surface area contributed by atoms with Crippen molar-refractivity contribution in [1.29, 1.82) is 0 Å². The molecule has 0 spiro atoms. The van der Waals surface area contributed by atoms with Crippen LogP contribution in [0.2, 0.25) is 0 Å². The molecule has 1 aromatic heterocycles. The zero-order valence-corrected chi connectivity index (χ0v) is 17.8. The normalized spacial score (nSPS) is 10.7. The first kappa shape index (κ1) is 20.0. The number of rotatable bonds is 8. The SMILES string of the molecule is CCn1c(SCc2ccccc2Oc2ccccc2)nnc1-c1ccccc1OC. The molecule has 0 aliphatic rings. The Hall–Kier alpha value is -3.25. The van der Waals surface area contributed by atoms with Gasteiger partial charge in [0.2, 0.25) is 0 Å². The standard InChI is InChI=1S/C24H23N3O2S/c1-3-27-23(20-14-8-10-16-22(20)28-2)25-26-24(27)30-17-18-11-7-9-15-21(18)29-19-12-5-4-6-13-19/h4-16H,3,17H2,1-2H3. The molecule has 0 bridgehead atoms. The van der Waals surface area contributed by atoms with Crippen molar-refractivity contribution in [3.05, 3.63) is 84.4 Å². The van der Waals surface area contributed by atoms with Crippen molar-refractivity contribution in [2.45, 2.75) is 24.4 Å². The van der Waals surface area contributed by atoms with Gasteiger partial charge < -0.3 is 14.0 Å². The van der Waals surface area contributed by atoms with Crippen LogP contribution in [0.4, 0.5) is 0 Å². The predicted molar refractivity (Wildman–Crippen MR) is 120 cm³/mol. The van der Waals surface area contributed by atoms with Gasteiger partial charge in [0.15, 0.2) is 11.0 Å². The molecule has 3 aromatic carbocycles. The molecule has 4 aromatic rings. The maximum Gasteiger partial charge on any atom is 0.191 e. The number of ether oxygens (including phenoxy) is 2. The highest BCUT2D eigenvalue weighted by Gasteiger charge is 2.17. The fraction of sp³-hybridized carbons (Fsp3) is 0.167. The Bertz CT molecular complexity index is 1110. The molecule has 152 valence electrons. The zero-order chi connectivity index (χ0) is 20.8. The molecule has 0 atom stereocenters. The number of thioether (sulfide) groups is 1. The van der Waals surface area contributed by atoms with E-state index in [9.17, 15) is 0 Å². The van der Waals surface area contributed by atoms with Gasteiger partial charge in [0.1, 0.15) is 17.2 Å². The fourth-order valence-electron chi connectivity index (χ4n) is 3.19. The summed E-state index contributed by atoms with van der Waals surface area (Å²) in [4.78, 5) is 0. The summed E-state index contributed by atoms with van der Waals surface area (Å²) in [5.41, 5.74) is 2.05. The fourth-order valence-corrected chi connectivity index (χ4v) is 4.18. The van der Waals surface area contributed by atoms with Crippen LogP contribution in [0.1, 0.15) is 12.5 Å². The van der Waals surface area contributed by atoms with E-state index in [-0.39, 0.29) is 0 Å². The van der Waals surface area contributed by atoms with E-state index in [0.29, 0.717) is 0 Å². The monoisotopic (exact) mass is 417 g/mol. The third-order valence-electron chi connectivity index (χ3n) is 4.68. The average molecular weight is 418 g/mol. The number of benzene rings is 3. The van der Waals surface area contributed by atoms with Crippen LogP contribution >= 0.6 is 11.8 Å². The third kappa shape index (κ3) is 4.33. The van der Waals surface area contributed by atoms with Crippen LogP contribution in [0.3, 0.4) is 0 Å². The summed E-state index contributed by atoms with van der Waals surface area (Å²) in [6.45, 7) is 2.86. The van der Waals surface area contributed by atoms with Crippen LogP contribution in [-0.4, -0.2) is 21.9 Å². The van der Waals surface area contributed by atoms with E-state index in [4.69, 9.17) is 9.47 Å². The maximum atomic E-state index is 6.09. The van der Waals surface area contributed by atoms with Gasteiger partial charge in [-0.3, -0.25) is 0 Å². The first-order valence-electron chi connectivity index (χ1n) is 9.80. The summed E-state index contributed by atoms with van der Waals surface area (Å²) in [5, 5.41) is 9.76. The van der Waals surface area contributed by atoms with Gasteiger partial charge in [-0.05, 0) is 37.3 Å². The van der Waals surface area contributed by atoms with Crippen molar-refractivity contribution in [1.82, 2.24) is 14.8 Å². The number of hydrogen-bond acceptors (Lipinski definition) is 5. The van der Waals surface area contributed by atoms with E-state index in [0.717, 1.165) is 51.7 Å². The largest absolute Gasteiger partial charge is 0.496 e. The van der Waals surface area contributed by atoms with E-state index < -0.39 is 0 Å². The van der Waals surface area contributed by atoms with Gasteiger partial charge in [0.05, 0.1) is 12.7 Å². The Morgan fingerprint density at radius 3 is 2.30 bits per heavy atom. The van der Waals surface area contributed by atoms with Crippen LogP contribution in [0, 0.1) is 0 Å². The van der Waals surface area contributed by atoms with Crippen LogP contribution in [0.15, 0.2) is 84.0 Å². The lowest BCUT2D eigenvalue weighted by Crippen LogP contribution is -2.01. The second-order valence-electron chi connectivity index (χ2n) is 6.56. The predicted octanol–water partition coefficient (Wildman–Crippen LogP) is 6.06. The lowest BCUT2D eigenvalue weighted by Gasteiger charge is -2.12. The van der Waals surface area contributed by atoms with Gasteiger partial charge in [-0.15, -0.1) is 10.2 Å². The van der Waals surface area contributed by atoms with Crippen molar-refractivity contribution in [3.8, 4) is 28.6 Å². The smallest absolute Gasteiger partial charge is 0.191 e. The second kappa shape index (κ2) is 9.50. The topological polar surface area (TPSA) is 49.2 Å². The summed E-state index contributed by atoms with van der Waals surface area (Å²) in [6, 6.07) is 25.8. The Balaban J connectivity index is 1.56. The van der Waals surface area contributed by atoms with Crippen LogP contribution < -0.4 is 9.47 Å². The molecule has 0 aliphatic carbocycles. The Kier molecular flexibility index (Phi) is 6.35. The Labute approximate surface area is 180 Å². The van der Waals surface area contributed by atoms with E-state index in [1.54, 1.807) is 18.9 Å². The van der Waals surface area contributed by atoms with E-state index in [2.05, 4.69) is 27.8 Å². The molecular formula is C24H23N3O2S. The Morgan fingerprint density at radius 1 is 0.833 bits per heavy atom. The van der Waals surface area contributed by atoms with Crippen molar-refractivity contribution in [2.24, 2.45) is 0 Å². The highest BCUT2D eigenvalue weighted by Crippen LogP contribution is 2.33. The van der Waals surface area contributed by atoms with E-state index in [1.807, 2.05) is 72.8 Å². The van der Waals surface area contributed by atoms with Crippen LogP contribution in [0.25, 0.3) is 11.4 Å². The summed E-state index contributed by atoms with van der Waals surface area (Å²) in [7, 11) is 1.67. The summed E-state index contributed by atoms with van der Waals surface area (Å²) in [5.74, 6) is 4.01. The quantitative estimate of drug-likeness (QED) is 0.326. The van der Waals surface area contributed by atoms with Crippen LogP contribution in [-0.2, 0) is 12.3 Å². The van der Waals surface area contributed by atoms with Gasteiger partial charge >= 0.3 is 0 Å². The van der Waals surface area contributed by atoms with Gasteiger partial charge in [-0.25, -0.2) is 0 Å². The van der Waals surface area contributed by atoms with Crippen molar-refractivity contribution in [3.63, 3.8) is 0 Å². The molecule has 0 aliphatic heterocycles.